The first kappa shape index (κ1) is 12.5. The Labute approximate surface area is 103 Å². The fourth-order valence-corrected chi connectivity index (χ4v) is 2.36. The molecule has 0 aromatic heterocycles. The monoisotopic (exact) mass is 236 g/mol. The lowest BCUT2D eigenvalue weighted by atomic mass is 10.2. The van der Waals surface area contributed by atoms with Crippen molar-refractivity contribution < 1.29 is 4.39 Å². The predicted octanol–water partition coefficient (Wildman–Crippen LogP) is 2.40. The molecule has 1 aromatic carbocycles. The summed E-state index contributed by atoms with van der Waals surface area (Å²) in [4.78, 5) is 2.49. The van der Waals surface area contributed by atoms with Crippen LogP contribution in [0.1, 0.15) is 25.3 Å². The Bertz CT molecular complexity index is 348. The smallest absolute Gasteiger partial charge is 0.123 e. The van der Waals surface area contributed by atoms with Crippen LogP contribution in [-0.4, -0.2) is 30.6 Å². The van der Waals surface area contributed by atoms with Crippen molar-refractivity contribution in [3.63, 3.8) is 0 Å². The molecule has 1 aromatic rings. The SMILES string of the molecule is CC(CN1CCCC1)NCc1cccc(F)c1. The van der Waals surface area contributed by atoms with Gasteiger partial charge in [0.05, 0.1) is 0 Å². The van der Waals surface area contributed by atoms with Gasteiger partial charge in [-0.3, -0.25) is 0 Å². The highest BCUT2D eigenvalue weighted by molar-refractivity contribution is 5.16. The van der Waals surface area contributed by atoms with Crippen LogP contribution in [-0.2, 0) is 6.54 Å². The van der Waals surface area contributed by atoms with Gasteiger partial charge in [0.25, 0.3) is 0 Å². The van der Waals surface area contributed by atoms with Crippen molar-refractivity contribution in [2.45, 2.75) is 32.4 Å². The lowest BCUT2D eigenvalue weighted by Gasteiger charge is -2.21. The Morgan fingerprint density at radius 3 is 2.82 bits per heavy atom. The summed E-state index contributed by atoms with van der Waals surface area (Å²) < 4.78 is 13.0. The van der Waals surface area contributed by atoms with Crippen molar-refractivity contribution >= 4 is 0 Å². The Morgan fingerprint density at radius 1 is 1.35 bits per heavy atom. The van der Waals surface area contributed by atoms with E-state index >= 15 is 0 Å². The number of nitrogens with zero attached hydrogens (tertiary/aromatic N) is 1. The van der Waals surface area contributed by atoms with Crippen LogP contribution >= 0.6 is 0 Å². The first-order chi connectivity index (χ1) is 8.24. The standard InChI is InChI=1S/C14H21FN2/c1-12(11-17-7-2-3-8-17)16-10-13-5-4-6-14(15)9-13/h4-6,9,12,16H,2-3,7-8,10-11H2,1H3. The molecule has 1 heterocycles. The number of likely N-dealkylation sites (tertiary alicyclic amines) is 1. The van der Waals surface area contributed by atoms with Gasteiger partial charge in [-0.05, 0) is 50.6 Å². The Balaban J connectivity index is 1.73. The molecule has 2 nitrogen and oxygen atoms in total. The summed E-state index contributed by atoms with van der Waals surface area (Å²) >= 11 is 0. The number of halogens is 1. The van der Waals surface area contributed by atoms with Crippen LogP contribution in [0.4, 0.5) is 4.39 Å². The molecular weight excluding hydrogens is 215 g/mol. The Kier molecular flexibility index (Phi) is 4.51. The van der Waals surface area contributed by atoms with E-state index < -0.39 is 0 Å². The molecule has 1 atom stereocenters. The second-order valence-corrected chi connectivity index (χ2v) is 4.92. The highest BCUT2D eigenvalue weighted by Crippen LogP contribution is 2.08. The minimum atomic E-state index is -0.156. The molecule has 1 aliphatic heterocycles. The van der Waals surface area contributed by atoms with E-state index in [1.54, 1.807) is 12.1 Å². The minimum absolute atomic E-state index is 0.156. The average molecular weight is 236 g/mol. The molecule has 0 amide bonds. The number of rotatable bonds is 5. The van der Waals surface area contributed by atoms with E-state index in [0.29, 0.717) is 6.04 Å². The summed E-state index contributed by atoms with van der Waals surface area (Å²) in [6.07, 6.45) is 2.66. The van der Waals surface area contributed by atoms with Crippen LogP contribution in [0.25, 0.3) is 0 Å². The molecular formula is C14H21FN2. The van der Waals surface area contributed by atoms with E-state index in [0.717, 1.165) is 18.7 Å². The molecule has 1 fully saturated rings. The topological polar surface area (TPSA) is 15.3 Å². The van der Waals surface area contributed by atoms with Crippen LogP contribution in [0.3, 0.4) is 0 Å². The second kappa shape index (κ2) is 6.12. The third kappa shape index (κ3) is 4.10. The van der Waals surface area contributed by atoms with Gasteiger partial charge < -0.3 is 10.2 Å². The lowest BCUT2D eigenvalue weighted by Crippen LogP contribution is -2.37. The van der Waals surface area contributed by atoms with Crippen LogP contribution in [0, 0.1) is 5.82 Å². The Hall–Kier alpha value is -0.930. The summed E-state index contributed by atoms with van der Waals surface area (Å²) in [6.45, 7) is 6.48. The highest BCUT2D eigenvalue weighted by Gasteiger charge is 2.13. The van der Waals surface area contributed by atoms with Crippen molar-refractivity contribution in [3.05, 3.63) is 35.6 Å². The number of hydrogen-bond acceptors (Lipinski definition) is 2. The molecule has 17 heavy (non-hydrogen) atoms. The third-order valence-electron chi connectivity index (χ3n) is 3.27. The van der Waals surface area contributed by atoms with Gasteiger partial charge in [-0.1, -0.05) is 12.1 Å². The van der Waals surface area contributed by atoms with E-state index in [2.05, 4.69) is 17.1 Å². The largest absolute Gasteiger partial charge is 0.309 e. The first-order valence-corrected chi connectivity index (χ1v) is 6.44. The van der Waals surface area contributed by atoms with Crippen molar-refractivity contribution in [2.75, 3.05) is 19.6 Å². The predicted molar refractivity (Wildman–Crippen MR) is 68.4 cm³/mol. The van der Waals surface area contributed by atoms with Gasteiger partial charge in [0.2, 0.25) is 0 Å². The van der Waals surface area contributed by atoms with E-state index in [9.17, 15) is 4.39 Å². The van der Waals surface area contributed by atoms with Crippen molar-refractivity contribution in [2.24, 2.45) is 0 Å². The van der Waals surface area contributed by atoms with Gasteiger partial charge in [-0.25, -0.2) is 4.39 Å². The molecule has 1 unspecified atom stereocenters. The van der Waals surface area contributed by atoms with E-state index in [1.807, 2.05) is 6.07 Å². The maximum atomic E-state index is 13.0. The van der Waals surface area contributed by atoms with Crippen molar-refractivity contribution in [3.8, 4) is 0 Å². The average Bonchev–Trinajstić information content (AvgIpc) is 2.79. The minimum Gasteiger partial charge on any atom is -0.309 e. The summed E-state index contributed by atoms with van der Waals surface area (Å²) in [5.74, 6) is -0.156. The number of hydrogen-bond donors (Lipinski definition) is 1. The van der Waals surface area contributed by atoms with E-state index in [1.165, 1.54) is 32.0 Å². The molecule has 2 rings (SSSR count). The molecule has 1 aliphatic rings. The second-order valence-electron chi connectivity index (χ2n) is 4.92. The van der Waals surface area contributed by atoms with Crippen molar-refractivity contribution in [1.29, 1.82) is 0 Å². The number of nitrogens with one attached hydrogen (secondary N) is 1. The maximum absolute atomic E-state index is 13.0. The molecule has 0 radical (unpaired) electrons. The zero-order chi connectivity index (χ0) is 12.1. The molecule has 1 N–H and O–H groups in total. The fourth-order valence-electron chi connectivity index (χ4n) is 2.36. The molecule has 0 aliphatic carbocycles. The molecule has 0 saturated carbocycles. The normalized spacial score (nSPS) is 18.5. The van der Waals surface area contributed by atoms with Gasteiger partial charge in [-0.15, -0.1) is 0 Å². The van der Waals surface area contributed by atoms with Gasteiger partial charge in [0, 0.05) is 19.1 Å². The molecule has 0 spiro atoms. The van der Waals surface area contributed by atoms with Crippen molar-refractivity contribution in [1.82, 2.24) is 10.2 Å². The van der Waals surface area contributed by atoms with Gasteiger partial charge >= 0.3 is 0 Å². The number of benzene rings is 1. The first-order valence-electron chi connectivity index (χ1n) is 6.44. The van der Waals surface area contributed by atoms with E-state index in [4.69, 9.17) is 0 Å². The summed E-state index contributed by atoms with van der Waals surface area (Å²) in [7, 11) is 0. The lowest BCUT2D eigenvalue weighted by molar-refractivity contribution is 0.298. The van der Waals surface area contributed by atoms with Crippen LogP contribution in [0.15, 0.2) is 24.3 Å². The molecule has 3 heteroatoms. The quantitative estimate of drug-likeness (QED) is 0.844. The summed E-state index contributed by atoms with van der Waals surface area (Å²) in [5.41, 5.74) is 1.01. The Morgan fingerprint density at radius 2 is 2.12 bits per heavy atom. The molecule has 94 valence electrons. The van der Waals surface area contributed by atoms with E-state index in [-0.39, 0.29) is 5.82 Å². The zero-order valence-corrected chi connectivity index (χ0v) is 10.5. The molecule has 0 bridgehead atoms. The molecule has 1 saturated heterocycles. The summed E-state index contributed by atoms with van der Waals surface area (Å²) in [6, 6.07) is 7.25. The van der Waals surface area contributed by atoms with Crippen LogP contribution in [0.2, 0.25) is 0 Å². The van der Waals surface area contributed by atoms with Gasteiger partial charge in [0.1, 0.15) is 5.82 Å². The summed E-state index contributed by atoms with van der Waals surface area (Å²) in [5, 5.41) is 3.44. The van der Waals surface area contributed by atoms with Gasteiger partial charge in [-0.2, -0.15) is 0 Å². The zero-order valence-electron chi connectivity index (χ0n) is 10.5. The van der Waals surface area contributed by atoms with Crippen LogP contribution < -0.4 is 5.32 Å². The van der Waals surface area contributed by atoms with Crippen LogP contribution in [0.5, 0.6) is 0 Å². The maximum Gasteiger partial charge on any atom is 0.123 e. The highest BCUT2D eigenvalue weighted by atomic mass is 19.1. The fraction of sp³-hybridized carbons (Fsp3) is 0.571. The van der Waals surface area contributed by atoms with Gasteiger partial charge in [0.15, 0.2) is 0 Å². The third-order valence-corrected chi connectivity index (χ3v) is 3.27.